The van der Waals surface area contributed by atoms with E-state index < -0.39 is 17.5 Å². The first-order valence-electron chi connectivity index (χ1n) is 7.69. The number of hydrogen-bond donors (Lipinski definition) is 1. The fourth-order valence-corrected chi connectivity index (χ4v) is 2.30. The Morgan fingerprint density at radius 1 is 1.00 bits per heavy atom. The highest BCUT2D eigenvalue weighted by Crippen LogP contribution is 2.34. The molecule has 2 rings (SSSR count). The summed E-state index contributed by atoms with van der Waals surface area (Å²) in [5, 5.41) is 2.62. The van der Waals surface area contributed by atoms with Crippen LogP contribution in [0.15, 0.2) is 36.4 Å². The highest BCUT2D eigenvalue weighted by Gasteiger charge is 2.12. The number of carbonyl (C=O) groups excluding carboxylic acids is 1. The van der Waals surface area contributed by atoms with Gasteiger partial charge in [-0.3, -0.25) is 4.79 Å². The van der Waals surface area contributed by atoms with E-state index >= 15 is 0 Å². The number of rotatable bonds is 7. The number of halogens is 2. The minimum absolute atomic E-state index is 0.131. The Morgan fingerprint density at radius 2 is 1.58 bits per heavy atom. The molecule has 0 unspecified atom stereocenters. The zero-order chi connectivity index (χ0) is 19.1. The molecular formula is C19H19F2NO4. The Hall–Kier alpha value is -3.09. The quantitative estimate of drug-likeness (QED) is 0.767. The largest absolute Gasteiger partial charge is 0.496 e. The van der Waals surface area contributed by atoms with Crippen molar-refractivity contribution in [2.24, 2.45) is 0 Å². The second kappa shape index (κ2) is 8.84. The van der Waals surface area contributed by atoms with Crippen LogP contribution in [-0.2, 0) is 11.3 Å². The van der Waals surface area contributed by atoms with Crippen LogP contribution in [0.3, 0.4) is 0 Å². The van der Waals surface area contributed by atoms with Crippen LogP contribution in [0.5, 0.6) is 17.2 Å². The third-order valence-electron chi connectivity index (χ3n) is 3.64. The average Bonchev–Trinajstić information content (AvgIpc) is 2.65. The lowest BCUT2D eigenvalue weighted by molar-refractivity contribution is -0.116. The Labute approximate surface area is 150 Å². The van der Waals surface area contributed by atoms with Crippen LogP contribution in [0.4, 0.5) is 8.78 Å². The molecule has 0 saturated heterocycles. The zero-order valence-corrected chi connectivity index (χ0v) is 14.6. The molecule has 1 amide bonds. The summed E-state index contributed by atoms with van der Waals surface area (Å²) < 4.78 is 42.8. The van der Waals surface area contributed by atoms with E-state index in [0.29, 0.717) is 22.8 Å². The number of benzene rings is 2. The fourth-order valence-electron chi connectivity index (χ4n) is 2.30. The van der Waals surface area contributed by atoms with Crippen LogP contribution in [0, 0.1) is 11.6 Å². The summed E-state index contributed by atoms with van der Waals surface area (Å²) in [6.45, 7) is 0.131. The number of hydrogen-bond acceptors (Lipinski definition) is 4. The normalized spacial score (nSPS) is 10.7. The smallest absolute Gasteiger partial charge is 0.244 e. The number of methoxy groups -OCH3 is 3. The van der Waals surface area contributed by atoms with Gasteiger partial charge >= 0.3 is 0 Å². The van der Waals surface area contributed by atoms with Crippen molar-refractivity contribution < 1.29 is 27.8 Å². The van der Waals surface area contributed by atoms with Gasteiger partial charge in [0.05, 0.1) is 21.3 Å². The molecule has 0 aliphatic heterocycles. The van der Waals surface area contributed by atoms with E-state index in [0.717, 1.165) is 24.3 Å². The van der Waals surface area contributed by atoms with E-state index in [-0.39, 0.29) is 12.1 Å². The molecule has 2 aromatic rings. The predicted molar refractivity (Wildman–Crippen MR) is 93.3 cm³/mol. The minimum Gasteiger partial charge on any atom is -0.496 e. The second-order valence-corrected chi connectivity index (χ2v) is 5.21. The lowest BCUT2D eigenvalue weighted by atomic mass is 10.1. The van der Waals surface area contributed by atoms with E-state index in [1.165, 1.54) is 27.4 Å². The first-order chi connectivity index (χ1) is 12.5. The summed E-state index contributed by atoms with van der Waals surface area (Å²) in [7, 11) is 4.50. The van der Waals surface area contributed by atoms with Gasteiger partial charge in [0.15, 0.2) is 11.5 Å². The van der Waals surface area contributed by atoms with Gasteiger partial charge in [0.25, 0.3) is 0 Å². The molecular weight excluding hydrogens is 344 g/mol. The van der Waals surface area contributed by atoms with E-state index in [4.69, 9.17) is 14.2 Å². The zero-order valence-electron chi connectivity index (χ0n) is 14.6. The topological polar surface area (TPSA) is 56.8 Å². The van der Waals surface area contributed by atoms with Crippen LogP contribution in [-0.4, -0.2) is 27.2 Å². The van der Waals surface area contributed by atoms with Gasteiger partial charge in [-0.2, -0.15) is 0 Å². The van der Waals surface area contributed by atoms with Gasteiger partial charge in [-0.15, -0.1) is 0 Å². The van der Waals surface area contributed by atoms with Gasteiger partial charge in [0.1, 0.15) is 17.4 Å². The van der Waals surface area contributed by atoms with Crippen molar-refractivity contribution in [3.63, 3.8) is 0 Å². The molecule has 0 atom stereocenters. The highest BCUT2D eigenvalue weighted by molar-refractivity contribution is 5.91. The van der Waals surface area contributed by atoms with E-state index in [1.807, 2.05) is 0 Å². The molecule has 138 valence electrons. The summed E-state index contributed by atoms with van der Waals surface area (Å²) in [6.07, 6.45) is 2.15. The number of nitrogens with one attached hydrogen (secondary N) is 1. The lowest BCUT2D eigenvalue weighted by Gasteiger charge is -2.14. The SMILES string of the molecule is COc1cc(OC)c(OC)cc1CNC(=O)/C=C/c1c(F)cccc1F. The third kappa shape index (κ3) is 4.50. The summed E-state index contributed by atoms with van der Waals surface area (Å²) in [5.74, 6) is -0.501. The Kier molecular flexibility index (Phi) is 6.54. The van der Waals surface area contributed by atoms with Gasteiger partial charge in [0, 0.05) is 29.8 Å². The Morgan fingerprint density at radius 3 is 2.15 bits per heavy atom. The third-order valence-corrected chi connectivity index (χ3v) is 3.64. The van der Waals surface area contributed by atoms with Crippen molar-refractivity contribution in [3.05, 3.63) is 59.2 Å². The van der Waals surface area contributed by atoms with Crippen molar-refractivity contribution in [1.82, 2.24) is 5.32 Å². The molecule has 0 heterocycles. The standard InChI is InChI=1S/C19H19F2NO4/c1-24-16-10-18(26-3)17(25-2)9-12(16)11-22-19(23)8-7-13-14(20)5-4-6-15(13)21/h4-10H,11H2,1-3H3,(H,22,23)/b8-7+. The molecule has 0 aliphatic rings. The van der Waals surface area contributed by atoms with Crippen molar-refractivity contribution in [2.45, 2.75) is 6.54 Å². The molecule has 7 heteroatoms. The maximum Gasteiger partial charge on any atom is 0.244 e. The first-order valence-corrected chi connectivity index (χ1v) is 7.69. The van der Waals surface area contributed by atoms with Crippen molar-refractivity contribution in [3.8, 4) is 17.2 Å². The van der Waals surface area contributed by atoms with Gasteiger partial charge < -0.3 is 19.5 Å². The second-order valence-electron chi connectivity index (χ2n) is 5.21. The van der Waals surface area contributed by atoms with Gasteiger partial charge in [-0.05, 0) is 24.3 Å². The highest BCUT2D eigenvalue weighted by atomic mass is 19.1. The Balaban J connectivity index is 2.11. The number of carbonyl (C=O) groups is 1. The molecule has 26 heavy (non-hydrogen) atoms. The van der Waals surface area contributed by atoms with E-state index in [2.05, 4.69) is 5.32 Å². The van der Waals surface area contributed by atoms with Gasteiger partial charge in [-0.25, -0.2) is 8.78 Å². The molecule has 0 bridgehead atoms. The molecule has 0 aliphatic carbocycles. The van der Waals surface area contributed by atoms with Crippen molar-refractivity contribution in [1.29, 1.82) is 0 Å². The molecule has 0 fully saturated rings. The fraction of sp³-hybridized carbons (Fsp3) is 0.211. The molecule has 2 aromatic carbocycles. The van der Waals surface area contributed by atoms with Crippen molar-refractivity contribution >= 4 is 12.0 Å². The molecule has 1 N–H and O–H groups in total. The molecule has 0 saturated carbocycles. The molecule has 0 spiro atoms. The molecule has 0 aromatic heterocycles. The van der Waals surface area contributed by atoms with Crippen molar-refractivity contribution in [2.75, 3.05) is 21.3 Å². The summed E-state index contributed by atoms with van der Waals surface area (Å²) in [4.78, 5) is 11.9. The number of amides is 1. The summed E-state index contributed by atoms with van der Waals surface area (Å²) >= 11 is 0. The molecule has 5 nitrogen and oxygen atoms in total. The van der Waals surface area contributed by atoms with Crippen LogP contribution in [0.2, 0.25) is 0 Å². The Bertz CT molecular complexity index is 801. The van der Waals surface area contributed by atoms with Gasteiger partial charge in [-0.1, -0.05) is 6.07 Å². The summed E-state index contributed by atoms with van der Waals surface area (Å²) in [6, 6.07) is 6.82. The van der Waals surface area contributed by atoms with Crippen LogP contribution >= 0.6 is 0 Å². The van der Waals surface area contributed by atoms with Crippen LogP contribution in [0.25, 0.3) is 6.08 Å². The van der Waals surface area contributed by atoms with Crippen LogP contribution < -0.4 is 19.5 Å². The monoisotopic (exact) mass is 363 g/mol. The maximum absolute atomic E-state index is 13.5. The van der Waals surface area contributed by atoms with E-state index in [9.17, 15) is 13.6 Å². The minimum atomic E-state index is -0.740. The molecule has 0 radical (unpaired) electrons. The lowest BCUT2D eigenvalue weighted by Crippen LogP contribution is -2.20. The van der Waals surface area contributed by atoms with E-state index in [1.54, 1.807) is 12.1 Å². The average molecular weight is 363 g/mol. The summed E-state index contributed by atoms with van der Waals surface area (Å²) in [5.41, 5.74) is 0.385. The van der Waals surface area contributed by atoms with Crippen LogP contribution in [0.1, 0.15) is 11.1 Å². The predicted octanol–water partition coefficient (Wildman–Crippen LogP) is 3.32. The van der Waals surface area contributed by atoms with Gasteiger partial charge in [0.2, 0.25) is 5.91 Å². The first kappa shape index (κ1) is 19.2. The number of ether oxygens (including phenoxy) is 3. The maximum atomic E-state index is 13.5.